The molecule has 0 aliphatic rings. The van der Waals surface area contributed by atoms with Crippen molar-refractivity contribution in [2.75, 3.05) is 27.2 Å². The van der Waals surface area contributed by atoms with Crippen molar-refractivity contribution in [2.45, 2.75) is 13.0 Å². The molecule has 2 atom stereocenters. The van der Waals surface area contributed by atoms with Crippen molar-refractivity contribution in [2.24, 2.45) is 5.92 Å². The van der Waals surface area contributed by atoms with Crippen molar-refractivity contribution in [1.29, 1.82) is 0 Å². The Kier molecular flexibility index (Phi) is 6.84. The van der Waals surface area contributed by atoms with E-state index in [0.717, 1.165) is 5.56 Å². The Morgan fingerprint density at radius 3 is 2.74 bits per heavy atom. The molecule has 0 bridgehead atoms. The monoisotopic (exact) mass is 284 g/mol. The lowest BCUT2D eigenvalue weighted by atomic mass is 10.1. The molecule has 1 amide bonds. The Hall–Kier alpha value is -1.10. The average molecular weight is 285 g/mol. The fraction of sp³-hybridized carbons (Fsp3) is 0.500. The van der Waals surface area contributed by atoms with E-state index in [2.05, 4.69) is 10.6 Å². The molecule has 0 fully saturated rings. The highest BCUT2D eigenvalue weighted by atomic mass is 35.5. The lowest BCUT2D eigenvalue weighted by Gasteiger charge is -2.18. The van der Waals surface area contributed by atoms with Crippen LogP contribution in [0.15, 0.2) is 24.3 Å². The van der Waals surface area contributed by atoms with Crippen LogP contribution < -0.4 is 10.6 Å². The van der Waals surface area contributed by atoms with Gasteiger partial charge in [0.2, 0.25) is 5.91 Å². The van der Waals surface area contributed by atoms with Crippen LogP contribution in [0.4, 0.5) is 0 Å². The third kappa shape index (κ3) is 5.19. The third-order valence-corrected chi connectivity index (χ3v) is 3.16. The van der Waals surface area contributed by atoms with E-state index in [9.17, 15) is 4.79 Å². The first-order chi connectivity index (χ1) is 9.08. The fourth-order valence-electron chi connectivity index (χ4n) is 1.81. The Morgan fingerprint density at radius 1 is 1.42 bits per heavy atom. The Labute approximate surface area is 119 Å². The number of hydrogen-bond donors (Lipinski definition) is 2. The van der Waals surface area contributed by atoms with Crippen molar-refractivity contribution in [1.82, 2.24) is 10.6 Å². The summed E-state index contributed by atoms with van der Waals surface area (Å²) in [5.74, 6) is -0.0553. The first kappa shape index (κ1) is 16.0. The molecule has 4 nitrogen and oxygen atoms in total. The number of benzene rings is 1. The fourth-order valence-corrected chi connectivity index (χ4v) is 2.01. The quantitative estimate of drug-likeness (QED) is 0.805. The summed E-state index contributed by atoms with van der Waals surface area (Å²) in [6.07, 6.45) is -0.190. The average Bonchev–Trinajstić information content (AvgIpc) is 2.39. The minimum Gasteiger partial charge on any atom is -0.375 e. The molecule has 5 heteroatoms. The highest BCUT2D eigenvalue weighted by molar-refractivity contribution is 6.30. The Bertz CT molecular complexity index is 412. The van der Waals surface area contributed by atoms with Crippen LogP contribution >= 0.6 is 11.6 Å². The van der Waals surface area contributed by atoms with Gasteiger partial charge in [-0.15, -0.1) is 0 Å². The normalized spacial score (nSPS) is 13.9. The van der Waals surface area contributed by atoms with Crippen LogP contribution in [0.3, 0.4) is 0 Å². The summed E-state index contributed by atoms with van der Waals surface area (Å²) in [5, 5.41) is 6.53. The molecule has 1 rings (SSSR count). The molecule has 2 unspecified atom stereocenters. The van der Waals surface area contributed by atoms with Gasteiger partial charge in [0.05, 0.1) is 6.10 Å². The number of methoxy groups -OCH3 is 1. The molecule has 106 valence electrons. The van der Waals surface area contributed by atoms with Crippen molar-refractivity contribution >= 4 is 17.5 Å². The minimum atomic E-state index is -0.190. The Balaban J connectivity index is 2.56. The summed E-state index contributed by atoms with van der Waals surface area (Å²) in [5.41, 5.74) is 0.955. The maximum absolute atomic E-state index is 11.8. The number of carbonyl (C=O) groups is 1. The second-order valence-corrected chi connectivity index (χ2v) is 4.92. The van der Waals surface area contributed by atoms with Crippen LogP contribution in [0.5, 0.6) is 0 Å². The van der Waals surface area contributed by atoms with Gasteiger partial charge in [-0.25, -0.2) is 0 Å². The van der Waals surface area contributed by atoms with E-state index >= 15 is 0 Å². The molecule has 1 aromatic rings. The lowest BCUT2D eigenvalue weighted by molar-refractivity contribution is -0.124. The molecular weight excluding hydrogens is 264 g/mol. The molecule has 0 spiro atoms. The molecule has 0 heterocycles. The van der Waals surface area contributed by atoms with Gasteiger partial charge in [-0.05, 0) is 24.7 Å². The number of hydrogen-bond acceptors (Lipinski definition) is 3. The van der Waals surface area contributed by atoms with Crippen LogP contribution in [0.2, 0.25) is 5.02 Å². The first-order valence-electron chi connectivity index (χ1n) is 6.29. The zero-order valence-electron chi connectivity index (χ0n) is 11.6. The van der Waals surface area contributed by atoms with Gasteiger partial charge in [0.15, 0.2) is 0 Å². The summed E-state index contributed by atoms with van der Waals surface area (Å²) >= 11 is 5.95. The highest BCUT2D eigenvalue weighted by Crippen LogP contribution is 2.19. The predicted octanol–water partition coefficient (Wildman–Crippen LogP) is 2.00. The van der Waals surface area contributed by atoms with E-state index in [1.54, 1.807) is 7.11 Å². The van der Waals surface area contributed by atoms with Gasteiger partial charge in [-0.1, -0.05) is 30.7 Å². The largest absolute Gasteiger partial charge is 0.375 e. The van der Waals surface area contributed by atoms with E-state index in [0.29, 0.717) is 18.1 Å². The summed E-state index contributed by atoms with van der Waals surface area (Å²) < 4.78 is 5.39. The van der Waals surface area contributed by atoms with Gasteiger partial charge in [0, 0.05) is 31.1 Å². The summed E-state index contributed by atoms with van der Waals surface area (Å²) in [6.45, 7) is 2.97. The number of halogens is 1. The lowest BCUT2D eigenvalue weighted by Crippen LogP contribution is -2.36. The number of nitrogens with one attached hydrogen (secondary N) is 2. The highest BCUT2D eigenvalue weighted by Gasteiger charge is 2.15. The van der Waals surface area contributed by atoms with Crippen LogP contribution in [0, 0.1) is 5.92 Å². The van der Waals surface area contributed by atoms with E-state index < -0.39 is 0 Å². The maximum atomic E-state index is 11.8. The van der Waals surface area contributed by atoms with Crippen LogP contribution in [0.1, 0.15) is 18.6 Å². The van der Waals surface area contributed by atoms with Crippen molar-refractivity contribution in [3.05, 3.63) is 34.9 Å². The number of amides is 1. The van der Waals surface area contributed by atoms with Gasteiger partial charge < -0.3 is 15.4 Å². The molecule has 19 heavy (non-hydrogen) atoms. The summed E-state index contributed by atoms with van der Waals surface area (Å²) in [6, 6.07) is 7.46. The molecule has 0 radical (unpaired) electrons. The summed E-state index contributed by atoms with van der Waals surface area (Å²) in [7, 11) is 3.45. The molecular formula is C14H21ClN2O2. The van der Waals surface area contributed by atoms with Crippen molar-refractivity contribution < 1.29 is 9.53 Å². The maximum Gasteiger partial charge on any atom is 0.224 e. The van der Waals surface area contributed by atoms with Crippen LogP contribution in [-0.2, 0) is 9.53 Å². The van der Waals surface area contributed by atoms with Crippen molar-refractivity contribution in [3.63, 3.8) is 0 Å². The van der Waals surface area contributed by atoms with Gasteiger partial charge in [0.25, 0.3) is 0 Å². The minimum absolute atomic E-state index is 0.0124. The molecule has 0 saturated carbocycles. The number of carbonyl (C=O) groups excluding carboxylic acids is 1. The molecule has 2 N–H and O–H groups in total. The third-order valence-electron chi connectivity index (χ3n) is 2.92. The molecule has 1 aromatic carbocycles. The van der Waals surface area contributed by atoms with Gasteiger partial charge in [-0.3, -0.25) is 4.79 Å². The summed E-state index contributed by atoms with van der Waals surface area (Å²) in [4.78, 5) is 11.8. The zero-order chi connectivity index (χ0) is 14.3. The SMILES string of the molecule is CNCC(C)C(=O)NCC(OC)c1cccc(Cl)c1. The topological polar surface area (TPSA) is 50.4 Å². The second kappa shape index (κ2) is 8.15. The van der Waals surface area contributed by atoms with E-state index in [1.165, 1.54) is 0 Å². The molecule has 0 aromatic heterocycles. The standard InChI is InChI=1S/C14H21ClN2O2/c1-10(8-16-2)14(18)17-9-13(19-3)11-5-4-6-12(15)7-11/h4-7,10,13,16H,8-9H2,1-3H3,(H,17,18). The number of rotatable bonds is 7. The second-order valence-electron chi connectivity index (χ2n) is 4.48. The van der Waals surface area contributed by atoms with Gasteiger partial charge in [-0.2, -0.15) is 0 Å². The van der Waals surface area contributed by atoms with Crippen LogP contribution in [-0.4, -0.2) is 33.2 Å². The van der Waals surface area contributed by atoms with E-state index in [4.69, 9.17) is 16.3 Å². The Morgan fingerprint density at radius 2 is 2.16 bits per heavy atom. The van der Waals surface area contributed by atoms with E-state index in [-0.39, 0.29) is 17.9 Å². The molecule has 0 aliphatic carbocycles. The first-order valence-corrected chi connectivity index (χ1v) is 6.66. The van der Waals surface area contributed by atoms with Gasteiger partial charge in [0.1, 0.15) is 0 Å². The number of ether oxygens (including phenoxy) is 1. The zero-order valence-corrected chi connectivity index (χ0v) is 12.3. The predicted molar refractivity (Wildman–Crippen MR) is 77.3 cm³/mol. The van der Waals surface area contributed by atoms with Crippen LogP contribution in [0.25, 0.3) is 0 Å². The van der Waals surface area contributed by atoms with E-state index in [1.807, 2.05) is 38.2 Å². The van der Waals surface area contributed by atoms with Gasteiger partial charge >= 0.3 is 0 Å². The smallest absolute Gasteiger partial charge is 0.224 e. The molecule has 0 aliphatic heterocycles. The molecule has 0 saturated heterocycles. The van der Waals surface area contributed by atoms with Crippen molar-refractivity contribution in [3.8, 4) is 0 Å².